The quantitative estimate of drug-likeness (QED) is 0.838. The molecule has 0 bridgehead atoms. The van der Waals surface area contributed by atoms with Crippen LogP contribution in [0, 0.1) is 0 Å². The highest BCUT2D eigenvalue weighted by Gasteiger charge is 2.08. The first kappa shape index (κ1) is 13.3. The van der Waals surface area contributed by atoms with E-state index in [2.05, 4.69) is 25.5 Å². The SMILES string of the molecule is CN(CC(=O)NCc1ncn[nH]1)c1ccc(Cl)cn1. The van der Waals surface area contributed by atoms with E-state index < -0.39 is 0 Å². The molecule has 0 aliphatic rings. The van der Waals surface area contributed by atoms with Gasteiger partial charge < -0.3 is 10.2 Å². The molecule has 2 aromatic heterocycles. The summed E-state index contributed by atoms with van der Waals surface area (Å²) in [5.74, 6) is 1.16. The molecule has 2 N–H and O–H groups in total. The molecule has 0 saturated carbocycles. The molecule has 0 radical (unpaired) electrons. The van der Waals surface area contributed by atoms with Crippen molar-refractivity contribution in [3.8, 4) is 0 Å². The van der Waals surface area contributed by atoms with Gasteiger partial charge in [0.05, 0.1) is 18.1 Å². The lowest BCUT2D eigenvalue weighted by Gasteiger charge is -2.17. The minimum Gasteiger partial charge on any atom is -0.350 e. The molecular weight excluding hydrogens is 268 g/mol. The molecule has 8 heteroatoms. The molecule has 0 aliphatic heterocycles. The number of nitrogens with zero attached hydrogens (tertiary/aromatic N) is 4. The fourth-order valence-electron chi connectivity index (χ4n) is 1.44. The number of anilines is 1. The summed E-state index contributed by atoms with van der Waals surface area (Å²) < 4.78 is 0. The van der Waals surface area contributed by atoms with Crippen LogP contribution in [-0.4, -0.2) is 39.7 Å². The molecule has 0 unspecified atom stereocenters. The van der Waals surface area contributed by atoms with Crippen molar-refractivity contribution in [3.63, 3.8) is 0 Å². The number of hydrogen-bond acceptors (Lipinski definition) is 5. The number of aromatic nitrogens is 4. The molecule has 2 heterocycles. The van der Waals surface area contributed by atoms with Crippen LogP contribution < -0.4 is 10.2 Å². The zero-order chi connectivity index (χ0) is 13.7. The number of halogens is 1. The van der Waals surface area contributed by atoms with Crippen LogP contribution in [0.2, 0.25) is 5.02 Å². The average molecular weight is 281 g/mol. The minimum absolute atomic E-state index is 0.129. The highest BCUT2D eigenvalue weighted by molar-refractivity contribution is 6.30. The highest BCUT2D eigenvalue weighted by Crippen LogP contribution is 2.12. The van der Waals surface area contributed by atoms with Crippen molar-refractivity contribution in [3.05, 3.63) is 35.5 Å². The third-order valence-corrected chi connectivity index (χ3v) is 2.63. The molecule has 0 fully saturated rings. The van der Waals surface area contributed by atoms with E-state index in [4.69, 9.17) is 11.6 Å². The monoisotopic (exact) mass is 280 g/mol. The average Bonchev–Trinajstić information content (AvgIpc) is 2.90. The fraction of sp³-hybridized carbons (Fsp3) is 0.273. The molecule has 7 nitrogen and oxygen atoms in total. The highest BCUT2D eigenvalue weighted by atomic mass is 35.5. The lowest BCUT2D eigenvalue weighted by Crippen LogP contribution is -2.35. The number of carbonyl (C=O) groups excluding carboxylic acids is 1. The first-order valence-corrected chi connectivity index (χ1v) is 5.96. The third kappa shape index (κ3) is 3.92. The van der Waals surface area contributed by atoms with Crippen LogP contribution in [0.15, 0.2) is 24.7 Å². The van der Waals surface area contributed by atoms with Gasteiger partial charge in [-0.2, -0.15) is 5.10 Å². The van der Waals surface area contributed by atoms with E-state index in [0.717, 1.165) is 0 Å². The number of aromatic amines is 1. The van der Waals surface area contributed by atoms with Crippen molar-refractivity contribution in [2.24, 2.45) is 0 Å². The number of likely N-dealkylation sites (N-methyl/N-ethyl adjacent to an activating group) is 1. The second-order valence-electron chi connectivity index (χ2n) is 3.90. The fourth-order valence-corrected chi connectivity index (χ4v) is 1.56. The van der Waals surface area contributed by atoms with Gasteiger partial charge in [0.1, 0.15) is 18.0 Å². The summed E-state index contributed by atoms with van der Waals surface area (Å²) in [4.78, 5) is 21.5. The predicted octanol–water partition coefficient (Wildman–Crippen LogP) is 0.606. The number of nitrogens with one attached hydrogen (secondary N) is 2. The summed E-state index contributed by atoms with van der Waals surface area (Å²) in [6.07, 6.45) is 2.94. The van der Waals surface area contributed by atoms with E-state index >= 15 is 0 Å². The Morgan fingerprint density at radius 3 is 2.95 bits per heavy atom. The number of carbonyl (C=O) groups is 1. The number of rotatable bonds is 5. The maximum Gasteiger partial charge on any atom is 0.239 e. The standard InChI is InChI=1S/C11H13ClN6O/c1-18(10-3-2-8(12)4-13-10)6-11(19)14-5-9-15-7-16-17-9/h2-4,7H,5-6H2,1H3,(H,14,19)(H,15,16,17). The maximum absolute atomic E-state index is 11.7. The zero-order valence-corrected chi connectivity index (χ0v) is 11.1. The van der Waals surface area contributed by atoms with Gasteiger partial charge in [0.2, 0.25) is 5.91 Å². The molecule has 0 atom stereocenters. The Morgan fingerprint density at radius 2 is 2.32 bits per heavy atom. The first-order valence-electron chi connectivity index (χ1n) is 5.59. The smallest absolute Gasteiger partial charge is 0.239 e. The lowest BCUT2D eigenvalue weighted by atomic mass is 10.4. The van der Waals surface area contributed by atoms with Gasteiger partial charge >= 0.3 is 0 Å². The number of hydrogen-bond donors (Lipinski definition) is 2. The summed E-state index contributed by atoms with van der Waals surface area (Å²) in [5, 5.41) is 9.65. The van der Waals surface area contributed by atoms with Crippen LogP contribution in [-0.2, 0) is 11.3 Å². The van der Waals surface area contributed by atoms with Crippen molar-refractivity contribution in [1.82, 2.24) is 25.5 Å². The van der Waals surface area contributed by atoms with E-state index in [-0.39, 0.29) is 12.5 Å². The zero-order valence-electron chi connectivity index (χ0n) is 10.3. The van der Waals surface area contributed by atoms with E-state index in [0.29, 0.717) is 23.2 Å². The summed E-state index contributed by atoms with van der Waals surface area (Å²) in [5.41, 5.74) is 0. The van der Waals surface area contributed by atoms with Crippen LogP contribution in [0.4, 0.5) is 5.82 Å². The molecule has 0 saturated heterocycles. The molecule has 19 heavy (non-hydrogen) atoms. The molecule has 0 aromatic carbocycles. The molecular formula is C11H13ClN6O. The molecule has 2 aromatic rings. The number of H-pyrrole nitrogens is 1. The minimum atomic E-state index is -0.129. The largest absolute Gasteiger partial charge is 0.350 e. The van der Waals surface area contributed by atoms with Gasteiger partial charge in [0, 0.05) is 13.2 Å². The number of amides is 1. The first-order chi connectivity index (χ1) is 9.15. The Morgan fingerprint density at radius 1 is 1.47 bits per heavy atom. The van der Waals surface area contributed by atoms with Crippen LogP contribution in [0.5, 0.6) is 0 Å². The topological polar surface area (TPSA) is 86.8 Å². The Kier molecular flexibility index (Phi) is 4.30. The second kappa shape index (κ2) is 6.14. The summed E-state index contributed by atoms with van der Waals surface area (Å²) in [7, 11) is 1.78. The molecule has 2 rings (SSSR count). The van der Waals surface area contributed by atoms with E-state index in [1.807, 2.05) is 0 Å². The van der Waals surface area contributed by atoms with Gasteiger partial charge in [-0.25, -0.2) is 9.97 Å². The third-order valence-electron chi connectivity index (χ3n) is 2.40. The normalized spacial score (nSPS) is 10.2. The Bertz CT molecular complexity index is 527. The van der Waals surface area contributed by atoms with E-state index in [1.165, 1.54) is 6.33 Å². The van der Waals surface area contributed by atoms with Crippen molar-refractivity contribution >= 4 is 23.3 Å². The van der Waals surface area contributed by atoms with Gasteiger partial charge in [0.15, 0.2) is 0 Å². The summed E-state index contributed by atoms with van der Waals surface area (Å²) >= 11 is 5.75. The summed E-state index contributed by atoms with van der Waals surface area (Å²) in [6.45, 7) is 0.517. The van der Waals surface area contributed by atoms with Crippen LogP contribution >= 0.6 is 11.6 Å². The van der Waals surface area contributed by atoms with Crippen LogP contribution in [0.25, 0.3) is 0 Å². The van der Waals surface area contributed by atoms with Gasteiger partial charge in [-0.15, -0.1) is 0 Å². The second-order valence-corrected chi connectivity index (χ2v) is 4.34. The molecule has 0 spiro atoms. The van der Waals surface area contributed by atoms with E-state index in [1.54, 1.807) is 30.3 Å². The Hall–Kier alpha value is -2.15. The Labute approximate surface area is 115 Å². The van der Waals surface area contributed by atoms with Gasteiger partial charge in [-0.1, -0.05) is 11.6 Å². The van der Waals surface area contributed by atoms with Crippen molar-refractivity contribution in [2.75, 3.05) is 18.5 Å². The number of pyridine rings is 1. The van der Waals surface area contributed by atoms with Gasteiger partial charge in [0.25, 0.3) is 0 Å². The van der Waals surface area contributed by atoms with Crippen LogP contribution in [0.1, 0.15) is 5.82 Å². The maximum atomic E-state index is 11.7. The van der Waals surface area contributed by atoms with E-state index in [9.17, 15) is 4.79 Å². The van der Waals surface area contributed by atoms with Crippen LogP contribution in [0.3, 0.4) is 0 Å². The molecule has 0 aliphatic carbocycles. The van der Waals surface area contributed by atoms with Crippen molar-refractivity contribution in [2.45, 2.75) is 6.54 Å². The predicted molar refractivity (Wildman–Crippen MR) is 70.7 cm³/mol. The lowest BCUT2D eigenvalue weighted by molar-refractivity contribution is -0.119. The molecule has 1 amide bonds. The molecule has 100 valence electrons. The van der Waals surface area contributed by atoms with Crippen molar-refractivity contribution in [1.29, 1.82) is 0 Å². The van der Waals surface area contributed by atoms with Crippen molar-refractivity contribution < 1.29 is 4.79 Å². The van der Waals surface area contributed by atoms with Gasteiger partial charge in [-0.05, 0) is 12.1 Å². The van der Waals surface area contributed by atoms with Gasteiger partial charge in [-0.3, -0.25) is 9.89 Å². The Balaban J connectivity index is 1.83. The summed E-state index contributed by atoms with van der Waals surface area (Å²) in [6, 6.07) is 3.48.